The van der Waals surface area contributed by atoms with Crippen molar-refractivity contribution < 1.29 is 9.53 Å². The topological polar surface area (TPSA) is 109 Å². The third-order valence-corrected chi connectivity index (χ3v) is 6.83. The quantitative estimate of drug-likeness (QED) is 0.245. The van der Waals surface area contributed by atoms with E-state index in [1.807, 2.05) is 95.9 Å². The number of aromatic nitrogens is 3. The third-order valence-electron chi connectivity index (χ3n) is 6.83. The van der Waals surface area contributed by atoms with Crippen molar-refractivity contribution in [3.05, 3.63) is 96.7 Å². The number of nitrogens with zero attached hydrogens (tertiary/aromatic N) is 3. The molecule has 1 saturated heterocycles. The molecule has 38 heavy (non-hydrogen) atoms. The Morgan fingerprint density at radius 1 is 0.947 bits per heavy atom. The van der Waals surface area contributed by atoms with E-state index in [9.17, 15) is 4.79 Å². The van der Waals surface area contributed by atoms with Crippen molar-refractivity contribution in [2.24, 2.45) is 0 Å². The summed E-state index contributed by atoms with van der Waals surface area (Å²) in [6.45, 7) is 0.662. The van der Waals surface area contributed by atoms with Crippen molar-refractivity contribution >= 4 is 28.4 Å². The maximum atomic E-state index is 13.3. The number of nitrogens with two attached hydrogens (primary N) is 1. The van der Waals surface area contributed by atoms with E-state index in [-0.39, 0.29) is 12.1 Å². The lowest BCUT2D eigenvalue weighted by Gasteiger charge is -2.35. The Hall–Kier alpha value is -4.85. The molecule has 8 heteroatoms. The second kappa shape index (κ2) is 10.3. The molecule has 2 aromatic heterocycles. The summed E-state index contributed by atoms with van der Waals surface area (Å²) in [5.41, 5.74) is 10.2. The smallest absolute Gasteiger partial charge is 0.322 e. The van der Waals surface area contributed by atoms with Crippen LogP contribution in [0.3, 0.4) is 0 Å². The second-order valence-electron chi connectivity index (χ2n) is 9.37. The van der Waals surface area contributed by atoms with Gasteiger partial charge in [0, 0.05) is 17.8 Å². The number of hydrogen-bond acceptors (Lipinski definition) is 5. The highest BCUT2D eigenvalue weighted by atomic mass is 16.5. The molecule has 4 N–H and O–H groups in total. The van der Waals surface area contributed by atoms with E-state index in [0.717, 1.165) is 64.3 Å². The van der Waals surface area contributed by atoms with Crippen molar-refractivity contribution in [1.29, 1.82) is 0 Å². The molecule has 0 radical (unpaired) electrons. The molecule has 3 aromatic carbocycles. The normalized spacial score (nSPS) is 15.4. The summed E-state index contributed by atoms with van der Waals surface area (Å²) in [7, 11) is 0. The van der Waals surface area contributed by atoms with Crippen LogP contribution in [0.25, 0.3) is 22.2 Å². The van der Waals surface area contributed by atoms with Gasteiger partial charge in [-0.15, -0.1) is 0 Å². The summed E-state index contributed by atoms with van der Waals surface area (Å²) < 4.78 is 5.96. The Bertz CT molecular complexity index is 1550. The highest BCUT2D eigenvalue weighted by molar-refractivity contribution is 6.00. The zero-order valence-electron chi connectivity index (χ0n) is 20.8. The summed E-state index contributed by atoms with van der Waals surface area (Å²) in [6, 6.07) is 28.6. The van der Waals surface area contributed by atoms with E-state index < -0.39 is 0 Å². The average Bonchev–Trinajstić information content (AvgIpc) is 3.34. The number of nitrogens with one attached hydrogen (secondary N) is 2. The first-order chi connectivity index (χ1) is 18.7. The maximum absolute atomic E-state index is 13.3. The van der Waals surface area contributed by atoms with E-state index in [4.69, 9.17) is 15.5 Å². The first-order valence-corrected chi connectivity index (χ1v) is 12.8. The molecule has 0 bridgehead atoms. The summed E-state index contributed by atoms with van der Waals surface area (Å²) in [6.07, 6.45) is 2.80. The number of likely N-dealkylation sites (tertiary alicyclic amines) is 1. The van der Waals surface area contributed by atoms with Crippen LogP contribution in [0, 0.1) is 0 Å². The minimum atomic E-state index is -0.166. The molecule has 8 nitrogen and oxygen atoms in total. The SMILES string of the molecule is Nc1n[nH]c2cc(C3CCCCN3C(=O)Nc3ccccc3)nc(-c3ccc(Oc4ccccc4)cc3)c12. The van der Waals surface area contributed by atoms with Crippen LogP contribution < -0.4 is 15.8 Å². The molecule has 1 atom stereocenters. The van der Waals surface area contributed by atoms with Gasteiger partial charge in [0.1, 0.15) is 11.5 Å². The first-order valence-electron chi connectivity index (χ1n) is 12.8. The van der Waals surface area contributed by atoms with Crippen LogP contribution in [0.15, 0.2) is 91.0 Å². The third kappa shape index (κ3) is 4.76. The maximum Gasteiger partial charge on any atom is 0.322 e. The lowest BCUT2D eigenvalue weighted by atomic mass is 9.97. The number of H-pyrrole nitrogens is 1. The van der Waals surface area contributed by atoms with Gasteiger partial charge in [-0.2, -0.15) is 5.10 Å². The van der Waals surface area contributed by atoms with Gasteiger partial charge in [0.25, 0.3) is 0 Å². The Labute approximate surface area is 220 Å². The van der Waals surface area contributed by atoms with Crippen LogP contribution in [-0.4, -0.2) is 32.7 Å². The summed E-state index contributed by atoms with van der Waals surface area (Å²) in [4.78, 5) is 20.3. The Morgan fingerprint density at radius 3 is 2.42 bits per heavy atom. The molecule has 2 amide bonds. The molecule has 0 spiro atoms. The van der Waals surface area contributed by atoms with E-state index in [1.165, 1.54) is 0 Å². The highest BCUT2D eigenvalue weighted by Crippen LogP contribution is 2.37. The van der Waals surface area contributed by atoms with Crippen LogP contribution in [0.4, 0.5) is 16.3 Å². The van der Waals surface area contributed by atoms with Gasteiger partial charge in [-0.1, -0.05) is 36.4 Å². The molecule has 5 aromatic rings. The number of ether oxygens (including phenoxy) is 1. The summed E-state index contributed by atoms with van der Waals surface area (Å²) in [5, 5.41) is 11.1. The van der Waals surface area contributed by atoms with Crippen LogP contribution in [0.1, 0.15) is 31.0 Å². The van der Waals surface area contributed by atoms with Gasteiger partial charge in [-0.05, 0) is 73.9 Å². The number of amides is 2. The van der Waals surface area contributed by atoms with E-state index in [2.05, 4.69) is 15.5 Å². The fourth-order valence-corrected chi connectivity index (χ4v) is 4.97. The molecule has 3 heterocycles. The lowest BCUT2D eigenvalue weighted by molar-refractivity contribution is 0.162. The van der Waals surface area contributed by atoms with Gasteiger partial charge in [0.15, 0.2) is 5.82 Å². The Morgan fingerprint density at radius 2 is 1.66 bits per heavy atom. The lowest BCUT2D eigenvalue weighted by Crippen LogP contribution is -2.41. The zero-order valence-corrected chi connectivity index (χ0v) is 20.8. The predicted molar refractivity (Wildman–Crippen MR) is 149 cm³/mol. The molecular weight excluding hydrogens is 476 g/mol. The molecule has 6 rings (SSSR count). The van der Waals surface area contributed by atoms with Gasteiger partial charge in [-0.3, -0.25) is 5.10 Å². The number of piperidine rings is 1. The fraction of sp³-hybridized carbons (Fsp3) is 0.167. The Kier molecular flexibility index (Phi) is 6.35. The number of rotatable bonds is 5. The van der Waals surface area contributed by atoms with Crippen molar-refractivity contribution in [2.45, 2.75) is 25.3 Å². The number of anilines is 2. The number of para-hydroxylation sites is 2. The molecule has 1 aliphatic heterocycles. The van der Waals surface area contributed by atoms with E-state index >= 15 is 0 Å². The summed E-state index contributed by atoms with van der Waals surface area (Å²) >= 11 is 0. The first kappa shape index (κ1) is 23.5. The standard InChI is InChI=1S/C30H28N6O2/c31-29-27-25(34-35-29)19-24(26-13-7-8-18-36(26)30(37)32-21-9-3-1-4-10-21)33-28(27)20-14-16-23(17-15-20)38-22-11-5-2-6-12-22/h1-6,9-12,14-17,19,26H,7-8,13,18H2,(H,32,37)(H3,31,34,35). The van der Waals surface area contributed by atoms with Gasteiger partial charge >= 0.3 is 6.03 Å². The zero-order chi connectivity index (χ0) is 25.9. The van der Waals surface area contributed by atoms with Gasteiger partial charge < -0.3 is 20.7 Å². The molecule has 1 fully saturated rings. The number of benzene rings is 3. The van der Waals surface area contributed by atoms with Crippen molar-refractivity contribution in [1.82, 2.24) is 20.1 Å². The number of nitrogen functional groups attached to an aromatic ring is 1. The van der Waals surface area contributed by atoms with Crippen molar-refractivity contribution in [3.63, 3.8) is 0 Å². The number of carbonyl (C=O) groups excluding carboxylic acids is 1. The monoisotopic (exact) mass is 504 g/mol. The number of carbonyl (C=O) groups is 1. The molecule has 0 saturated carbocycles. The van der Waals surface area contributed by atoms with Crippen LogP contribution in [-0.2, 0) is 0 Å². The highest BCUT2D eigenvalue weighted by Gasteiger charge is 2.30. The minimum Gasteiger partial charge on any atom is -0.457 e. The fourth-order valence-electron chi connectivity index (χ4n) is 4.97. The number of fused-ring (bicyclic) bond motifs is 1. The van der Waals surface area contributed by atoms with Crippen LogP contribution in [0.2, 0.25) is 0 Å². The van der Waals surface area contributed by atoms with E-state index in [1.54, 1.807) is 0 Å². The number of pyridine rings is 1. The molecule has 190 valence electrons. The number of aromatic amines is 1. The minimum absolute atomic E-state index is 0.129. The molecule has 1 aliphatic rings. The predicted octanol–water partition coefficient (Wildman–Crippen LogP) is 6.76. The largest absolute Gasteiger partial charge is 0.457 e. The molecule has 0 aliphatic carbocycles. The molecular formula is C30H28N6O2. The van der Waals surface area contributed by atoms with E-state index in [0.29, 0.717) is 12.4 Å². The van der Waals surface area contributed by atoms with Gasteiger partial charge in [-0.25, -0.2) is 9.78 Å². The number of urea groups is 1. The summed E-state index contributed by atoms with van der Waals surface area (Å²) in [5.74, 6) is 1.89. The average molecular weight is 505 g/mol. The van der Waals surface area contributed by atoms with Crippen LogP contribution in [0.5, 0.6) is 11.5 Å². The van der Waals surface area contributed by atoms with Gasteiger partial charge in [0.2, 0.25) is 0 Å². The van der Waals surface area contributed by atoms with Crippen molar-refractivity contribution in [3.8, 4) is 22.8 Å². The van der Waals surface area contributed by atoms with Crippen molar-refractivity contribution in [2.75, 3.05) is 17.6 Å². The second-order valence-corrected chi connectivity index (χ2v) is 9.37. The van der Waals surface area contributed by atoms with Gasteiger partial charge in [0.05, 0.1) is 28.3 Å². The Balaban J connectivity index is 1.33. The van der Waals surface area contributed by atoms with Crippen LogP contribution >= 0.6 is 0 Å². The number of hydrogen-bond donors (Lipinski definition) is 3. The molecule has 1 unspecified atom stereocenters.